The molecule has 0 atom stereocenters. The standard InChI is InChI=1S/2C28H34N2O2/c2*1-2-3-17-29-28(31)30-18-6-4-5-7-19-32-20-24-14-13-23-12-11-21-9-8-10-22-15-16-25(24)27(23)26(21)22/h2*8-16H,2-7,17-20H2,1H3,(H2,29,30,31). The van der Waals surface area contributed by atoms with Crippen LogP contribution in [-0.4, -0.2) is 51.5 Å². The van der Waals surface area contributed by atoms with Crippen LogP contribution in [-0.2, 0) is 22.7 Å². The van der Waals surface area contributed by atoms with Gasteiger partial charge >= 0.3 is 12.1 Å². The van der Waals surface area contributed by atoms with E-state index in [2.05, 4.69) is 144 Å². The Morgan fingerprint density at radius 2 is 0.703 bits per heavy atom. The summed E-state index contributed by atoms with van der Waals surface area (Å²) in [5, 5.41) is 27.4. The number of ether oxygens (including phenoxy) is 2. The van der Waals surface area contributed by atoms with Crippen molar-refractivity contribution in [2.75, 3.05) is 39.4 Å². The van der Waals surface area contributed by atoms with Gasteiger partial charge in [-0.2, -0.15) is 0 Å². The van der Waals surface area contributed by atoms with Gasteiger partial charge in [0.1, 0.15) is 0 Å². The van der Waals surface area contributed by atoms with E-state index in [-0.39, 0.29) is 12.1 Å². The molecule has 0 aromatic heterocycles. The molecule has 0 saturated heterocycles. The number of hydrogen-bond donors (Lipinski definition) is 4. The lowest BCUT2D eigenvalue weighted by atomic mass is 9.92. The van der Waals surface area contributed by atoms with Gasteiger partial charge in [-0.25, -0.2) is 9.59 Å². The molecular formula is C56H68N4O4. The zero-order valence-corrected chi connectivity index (χ0v) is 38.2. The lowest BCUT2D eigenvalue weighted by Gasteiger charge is -2.14. The van der Waals surface area contributed by atoms with Crippen molar-refractivity contribution in [1.29, 1.82) is 0 Å². The van der Waals surface area contributed by atoms with E-state index >= 15 is 0 Å². The van der Waals surface area contributed by atoms with Crippen LogP contribution in [0.4, 0.5) is 9.59 Å². The smallest absolute Gasteiger partial charge is 0.314 e. The van der Waals surface area contributed by atoms with E-state index in [1.165, 1.54) is 75.8 Å². The number of carbonyl (C=O) groups is 2. The van der Waals surface area contributed by atoms with E-state index in [0.717, 1.165) is 116 Å². The molecule has 0 unspecified atom stereocenters. The van der Waals surface area contributed by atoms with Crippen LogP contribution in [0.15, 0.2) is 109 Å². The number of urea groups is 2. The minimum atomic E-state index is -0.0462. The van der Waals surface area contributed by atoms with Crippen molar-refractivity contribution in [2.45, 2.75) is 104 Å². The van der Waals surface area contributed by atoms with Gasteiger partial charge in [-0.15, -0.1) is 0 Å². The van der Waals surface area contributed by atoms with Crippen LogP contribution in [0.25, 0.3) is 64.6 Å². The summed E-state index contributed by atoms with van der Waals surface area (Å²) in [5.41, 5.74) is 2.52. The first-order chi connectivity index (χ1) is 31.6. The van der Waals surface area contributed by atoms with Gasteiger partial charge in [-0.05, 0) is 114 Å². The van der Waals surface area contributed by atoms with Crippen molar-refractivity contribution in [3.63, 3.8) is 0 Å². The summed E-state index contributed by atoms with van der Waals surface area (Å²) < 4.78 is 12.1. The first kappa shape index (κ1) is 46.3. The number of amides is 4. The van der Waals surface area contributed by atoms with Gasteiger partial charge < -0.3 is 30.7 Å². The maximum atomic E-state index is 11.6. The molecule has 8 heteroatoms. The Morgan fingerprint density at radius 3 is 1.09 bits per heavy atom. The molecule has 8 rings (SSSR count). The second-order valence-corrected chi connectivity index (χ2v) is 17.2. The molecule has 64 heavy (non-hydrogen) atoms. The SMILES string of the molecule is CCCCNC(=O)NCCCCCCOCc1ccc2ccc3cccc4ccc1c2c34.CCCCNC(=O)NCCCCCCOCc1ccc2ccc3cccc4ccc1c2c34. The highest BCUT2D eigenvalue weighted by Gasteiger charge is 2.12. The quantitative estimate of drug-likeness (QED) is 0.0359. The van der Waals surface area contributed by atoms with Crippen LogP contribution in [0.1, 0.15) is 102 Å². The van der Waals surface area contributed by atoms with Crippen molar-refractivity contribution in [1.82, 2.24) is 21.3 Å². The van der Waals surface area contributed by atoms with Gasteiger partial charge in [0.15, 0.2) is 0 Å². The van der Waals surface area contributed by atoms with Gasteiger partial charge in [0.05, 0.1) is 13.2 Å². The highest BCUT2D eigenvalue weighted by molar-refractivity contribution is 6.24. The van der Waals surface area contributed by atoms with Gasteiger partial charge in [-0.3, -0.25) is 0 Å². The molecule has 0 bridgehead atoms. The van der Waals surface area contributed by atoms with E-state index in [4.69, 9.17) is 9.47 Å². The van der Waals surface area contributed by atoms with Crippen LogP contribution >= 0.6 is 0 Å². The molecule has 0 heterocycles. The molecule has 8 nitrogen and oxygen atoms in total. The Balaban J connectivity index is 0.000000191. The molecule has 0 saturated carbocycles. The predicted octanol–water partition coefficient (Wildman–Crippen LogP) is 13.5. The molecule has 0 radical (unpaired) electrons. The molecule has 8 aromatic carbocycles. The Kier molecular flexibility index (Phi) is 17.6. The normalized spacial score (nSPS) is 11.5. The van der Waals surface area contributed by atoms with Crippen LogP contribution in [0.5, 0.6) is 0 Å². The molecule has 8 aromatic rings. The average Bonchev–Trinajstić information content (AvgIpc) is 3.32. The van der Waals surface area contributed by atoms with Gasteiger partial charge in [-0.1, -0.05) is 162 Å². The number of benzene rings is 8. The van der Waals surface area contributed by atoms with Crippen LogP contribution in [0.2, 0.25) is 0 Å². The van der Waals surface area contributed by atoms with Crippen molar-refractivity contribution in [3.8, 4) is 0 Å². The first-order valence-corrected chi connectivity index (χ1v) is 24.1. The maximum absolute atomic E-state index is 11.6. The molecule has 0 fully saturated rings. The molecule has 0 aliphatic rings. The first-order valence-electron chi connectivity index (χ1n) is 24.1. The Morgan fingerprint density at radius 1 is 0.375 bits per heavy atom. The monoisotopic (exact) mass is 861 g/mol. The third-order valence-electron chi connectivity index (χ3n) is 12.4. The summed E-state index contributed by atoms with van der Waals surface area (Å²) in [4.78, 5) is 23.2. The molecule has 0 spiro atoms. The van der Waals surface area contributed by atoms with Gasteiger partial charge in [0.2, 0.25) is 0 Å². The summed E-state index contributed by atoms with van der Waals surface area (Å²) >= 11 is 0. The van der Waals surface area contributed by atoms with Crippen molar-refractivity contribution in [3.05, 3.63) is 120 Å². The van der Waals surface area contributed by atoms with E-state index in [1.54, 1.807) is 0 Å². The molecular weight excluding hydrogens is 793 g/mol. The Hall–Kier alpha value is -5.70. The zero-order valence-electron chi connectivity index (χ0n) is 38.2. The van der Waals surface area contributed by atoms with Crippen molar-refractivity contribution in [2.24, 2.45) is 0 Å². The maximum Gasteiger partial charge on any atom is 0.314 e. The number of carbonyl (C=O) groups excluding carboxylic acids is 2. The molecule has 0 aliphatic heterocycles. The fraction of sp³-hybridized carbons (Fsp3) is 0.393. The minimum Gasteiger partial charge on any atom is -0.377 e. The van der Waals surface area contributed by atoms with Crippen LogP contribution in [0, 0.1) is 0 Å². The summed E-state index contributed by atoms with van der Waals surface area (Å²) in [7, 11) is 0. The number of rotatable bonds is 24. The van der Waals surface area contributed by atoms with E-state index < -0.39 is 0 Å². The summed E-state index contributed by atoms with van der Waals surface area (Å²) in [5.74, 6) is 0. The highest BCUT2D eigenvalue weighted by atomic mass is 16.5. The average molecular weight is 861 g/mol. The Labute approximate surface area is 379 Å². The lowest BCUT2D eigenvalue weighted by Crippen LogP contribution is -2.36. The van der Waals surface area contributed by atoms with Gasteiger partial charge in [0.25, 0.3) is 0 Å². The topological polar surface area (TPSA) is 101 Å². The minimum absolute atomic E-state index is 0.0462. The second-order valence-electron chi connectivity index (χ2n) is 17.2. The third-order valence-corrected chi connectivity index (χ3v) is 12.4. The van der Waals surface area contributed by atoms with Crippen LogP contribution < -0.4 is 21.3 Å². The molecule has 4 amide bonds. The fourth-order valence-electron chi connectivity index (χ4n) is 8.86. The summed E-state index contributed by atoms with van der Waals surface area (Å²) in [6.07, 6.45) is 12.8. The fourth-order valence-corrected chi connectivity index (χ4v) is 8.86. The highest BCUT2D eigenvalue weighted by Crippen LogP contribution is 2.37. The molecule has 4 N–H and O–H groups in total. The number of unbranched alkanes of at least 4 members (excludes halogenated alkanes) is 8. The largest absolute Gasteiger partial charge is 0.377 e. The zero-order chi connectivity index (χ0) is 44.4. The van der Waals surface area contributed by atoms with Crippen LogP contribution in [0.3, 0.4) is 0 Å². The van der Waals surface area contributed by atoms with E-state index in [1.807, 2.05) is 0 Å². The van der Waals surface area contributed by atoms with Gasteiger partial charge in [0, 0.05) is 39.4 Å². The lowest BCUT2D eigenvalue weighted by molar-refractivity contribution is 0.117. The van der Waals surface area contributed by atoms with Crippen molar-refractivity contribution >= 4 is 76.7 Å². The second kappa shape index (κ2) is 24.4. The summed E-state index contributed by atoms with van der Waals surface area (Å²) in [6, 6.07) is 39.6. The molecule has 336 valence electrons. The van der Waals surface area contributed by atoms with E-state index in [9.17, 15) is 9.59 Å². The molecule has 0 aliphatic carbocycles. The Bertz CT molecular complexity index is 2460. The van der Waals surface area contributed by atoms with Crippen molar-refractivity contribution < 1.29 is 19.1 Å². The predicted molar refractivity (Wildman–Crippen MR) is 269 cm³/mol. The number of hydrogen-bond acceptors (Lipinski definition) is 4. The van der Waals surface area contributed by atoms with E-state index in [0.29, 0.717) is 13.2 Å². The third kappa shape index (κ3) is 12.3. The number of nitrogens with one attached hydrogen (secondary N) is 4. The summed E-state index contributed by atoms with van der Waals surface area (Å²) in [6.45, 7) is 10.1.